The van der Waals surface area contributed by atoms with Crippen molar-refractivity contribution in [3.8, 4) is 0 Å². The molecule has 0 saturated carbocycles. The number of benzene rings is 1. The summed E-state index contributed by atoms with van der Waals surface area (Å²) in [6.07, 6.45) is 0. The topological polar surface area (TPSA) is 72.3 Å². The van der Waals surface area contributed by atoms with Gasteiger partial charge in [0.2, 0.25) is 5.91 Å². The average molecular weight is 275 g/mol. The SMILES string of the molecule is O=C(CN1CCOCC1)NCn1nnc2ccccc21. The van der Waals surface area contributed by atoms with Gasteiger partial charge in [0.15, 0.2) is 0 Å². The van der Waals surface area contributed by atoms with Gasteiger partial charge in [0.05, 0.1) is 25.3 Å². The highest BCUT2D eigenvalue weighted by Crippen LogP contribution is 2.08. The van der Waals surface area contributed by atoms with Crippen molar-refractivity contribution in [2.75, 3.05) is 32.8 Å². The van der Waals surface area contributed by atoms with Gasteiger partial charge in [-0.05, 0) is 12.1 Å². The molecule has 1 N–H and O–H groups in total. The fourth-order valence-corrected chi connectivity index (χ4v) is 2.22. The minimum absolute atomic E-state index is 0.00789. The summed E-state index contributed by atoms with van der Waals surface area (Å²) in [6.45, 7) is 3.74. The Balaban J connectivity index is 1.54. The molecular weight excluding hydrogens is 258 g/mol. The van der Waals surface area contributed by atoms with Crippen LogP contribution in [0.5, 0.6) is 0 Å². The van der Waals surface area contributed by atoms with Gasteiger partial charge in [-0.2, -0.15) is 0 Å². The molecule has 0 spiro atoms. The molecule has 20 heavy (non-hydrogen) atoms. The highest BCUT2D eigenvalue weighted by Gasteiger charge is 2.14. The molecule has 1 aliphatic rings. The molecule has 0 radical (unpaired) electrons. The van der Waals surface area contributed by atoms with Gasteiger partial charge in [0.25, 0.3) is 0 Å². The van der Waals surface area contributed by atoms with Crippen molar-refractivity contribution in [2.45, 2.75) is 6.67 Å². The van der Waals surface area contributed by atoms with E-state index in [4.69, 9.17) is 4.74 Å². The lowest BCUT2D eigenvalue weighted by Gasteiger charge is -2.25. The van der Waals surface area contributed by atoms with Crippen LogP contribution in [0.15, 0.2) is 24.3 Å². The molecule has 1 aliphatic heterocycles. The van der Waals surface area contributed by atoms with Crippen LogP contribution in [-0.2, 0) is 16.2 Å². The van der Waals surface area contributed by atoms with E-state index in [0.29, 0.717) is 26.4 Å². The summed E-state index contributed by atoms with van der Waals surface area (Å²) in [7, 11) is 0. The van der Waals surface area contributed by atoms with Crippen molar-refractivity contribution in [3.05, 3.63) is 24.3 Å². The zero-order valence-electron chi connectivity index (χ0n) is 11.2. The molecule has 3 rings (SSSR count). The Labute approximate surface area is 116 Å². The van der Waals surface area contributed by atoms with Crippen molar-refractivity contribution in [3.63, 3.8) is 0 Å². The molecule has 0 aliphatic carbocycles. The third-order valence-electron chi connectivity index (χ3n) is 3.32. The van der Waals surface area contributed by atoms with Crippen LogP contribution in [0.1, 0.15) is 0 Å². The maximum absolute atomic E-state index is 11.9. The molecule has 1 aromatic carbocycles. The first kappa shape index (κ1) is 13.0. The van der Waals surface area contributed by atoms with Crippen molar-refractivity contribution in [1.29, 1.82) is 0 Å². The van der Waals surface area contributed by atoms with E-state index >= 15 is 0 Å². The summed E-state index contributed by atoms with van der Waals surface area (Å²) in [5, 5.41) is 10.9. The first-order valence-electron chi connectivity index (χ1n) is 6.68. The second-order valence-corrected chi connectivity index (χ2v) is 4.72. The van der Waals surface area contributed by atoms with Gasteiger partial charge in [-0.15, -0.1) is 5.10 Å². The number of amides is 1. The monoisotopic (exact) mass is 275 g/mol. The Bertz CT molecular complexity index is 591. The van der Waals surface area contributed by atoms with Crippen molar-refractivity contribution in [2.24, 2.45) is 0 Å². The highest BCUT2D eigenvalue weighted by molar-refractivity contribution is 5.78. The van der Waals surface area contributed by atoms with Gasteiger partial charge in [0.1, 0.15) is 12.2 Å². The number of morpholine rings is 1. The predicted molar refractivity (Wildman–Crippen MR) is 72.9 cm³/mol. The van der Waals surface area contributed by atoms with E-state index in [9.17, 15) is 4.79 Å². The molecule has 2 heterocycles. The molecule has 1 saturated heterocycles. The van der Waals surface area contributed by atoms with Gasteiger partial charge in [-0.1, -0.05) is 17.3 Å². The Kier molecular flexibility index (Phi) is 3.89. The van der Waals surface area contributed by atoms with E-state index < -0.39 is 0 Å². The van der Waals surface area contributed by atoms with Crippen LogP contribution in [0.3, 0.4) is 0 Å². The van der Waals surface area contributed by atoms with Crippen LogP contribution in [0.2, 0.25) is 0 Å². The molecule has 1 amide bonds. The van der Waals surface area contributed by atoms with Gasteiger partial charge < -0.3 is 10.1 Å². The van der Waals surface area contributed by atoms with E-state index in [-0.39, 0.29) is 5.91 Å². The number of aromatic nitrogens is 3. The van der Waals surface area contributed by atoms with Crippen LogP contribution >= 0.6 is 0 Å². The lowest BCUT2D eigenvalue weighted by molar-refractivity contribution is -0.123. The third kappa shape index (κ3) is 2.94. The van der Waals surface area contributed by atoms with Crippen LogP contribution in [0.4, 0.5) is 0 Å². The summed E-state index contributed by atoms with van der Waals surface area (Å²) in [4.78, 5) is 14.0. The summed E-state index contributed by atoms with van der Waals surface area (Å²) in [6, 6.07) is 7.67. The number of hydrogen-bond donors (Lipinski definition) is 1. The van der Waals surface area contributed by atoms with Crippen LogP contribution in [0.25, 0.3) is 11.0 Å². The fourth-order valence-electron chi connectivity index (χ4n) is 2.22. The number of hydrogen-bond acceptors (Lipinski definition) is 5. The number of rotatable bonds is 4. The molecule has 0 bridgehead atoms. The second-order valence-electron chi connectivity index (χ2n) is 4.72. The number of nitrogens with zero attached hydrogens (tertiary/aromatic N) is 4. The lowest BCUT2D eigenvalue weighted by Crippen LogP contribution is -2.43. The number of ether oxygens (including phenoxy) is 1. The Morgan fingerprint density at radius 3 is 2.95 bits per heavy atom. The molecule has 7 nitrogen and oxygen atoms in total. The molecule has 0 atom stereocenters. The highest BCUT2D eigenvalue weighted by atomic mass is 16.5. The predicted octanol–water partition coefficient (Wildman–Crippen LogP) is -0.163. The molecule has 106 valence electrons. The summed E-state index contributed by atoms with van der Waals surface area (Å²) >= 11 is 0. The number of nitrogens with one attached hydrogen (secondary N) is 1. The maximum atomic E-state index is 11.9. The van der Waals surface area contributed by atoms with Gasteiger partial charge >= 0.3 is 0 Å². The minimum Gasteiger partial charge on any atom is -0.379 e. The van der Waals surface area contributed by atoms with E-state index in [1.807, 2.05) is 24.3 Å². The standard InChI is InChI=1S/C13H17N5O2/c19-13(9-17-5-7-20-8-6-17)14-10-18-12-4-2-1-3-11(12)15-16-18/h1-4H,5-10H2,(H,14,19). The Morgan fingerprint density at radius 2 is 2.10 bits per heavy atom. The number of carbonyl (C=O) groups is 1. The van der Waals surface area contributed by atoms with E-state index in [2.05, 4.69) is 20.5 Å². The molecule has 2 aromatic rings. The molecule has 0 unspecified atom stereocenters. The van der Waals surface area contributed by atoms with E-state index in [1.54, 1.807) is 4.68 Å². The maximum Gasteiger partial charge on any atom is 0.235 e. The van der Waals surface area contributed by atoms with Crippen LogP contribution < -0.4 is 5.32 Å². The van der Waals surface area contributed by atoms with Crippen molar-refractivity contribution in [1.82, 2.24) is 25.2 Å². The van der Waals surface area contributed by atoms with Crippen molar-refractivity contribution >= 4 is 16.9 Å². The number of fused-ring (bicyclic) bond motifs is 1. The molecular formula is C13H17N5O2. The van der Waals surface area contributed by atoms with E-state index in [1.165, 1.54) is 0 Å². The average Bonchev–Trinajstić information content (AvgIpc) is 2.89. The number of carbonyl (C=O) groups excluding carboxylic acids is 1. The largest absolute Gasteiger partial charge is 0.379 e. The first-order valence-corrected chi connectivity index (χ1v) is 6.68. The lowest BCUT2D eigenvalue weighted by atomic mass is 10.3. The number of para-hydroxylation sites is 1. The Morgan fingerprint density at radius 1 is 1.30 bits per heavy atom. The molecule has 7 heteroatoms. The van der Waals surface area contributed by atoms with Crippen LogP contribution in [-0.4, -0.2) is 58.6 Å². The quantitative estimate of drug-likeness (QED) is 0.839. The third-order valence-corrected chi connectivity index (χ3v) is 3.32. The molecule has 1 aromatic heterocycles. The first-order chi connectivity index (χ1) is 9.83. The van der Waals surface area contributed by atoms with Crippen LogP contribution in [0, 0.1) is 0 Å². The van der Waals surface area contributed by atoms with E-state index in [0.717, 1.165) is 24.1 Å². The van der Waals surface area contributed by atoms with Gasteiger partial charge in [-0.3, -0.25) is 9.69 Å². The Hall–Kier alpha value is -1.99. The molecule has 1 fully saturated rings. The minimum atomic E-state index is -0.00789. The normalized spacial score (nSPS) is 16.4. The zero-order chi connectivity index (χ0) is 13.8. The summed E-state index contributed by atoms with van der Waals surface area (Å²) < 4.78 is 6.94. The summed E-state index contributed by atoms with van der Waals surface area (Å²) in [5.74, 6) is -0.00789. The van der Waals surface area contributed by atoms with Crippen molar-refractivity contribution < 1.29 is 9.53 Å². The fraction of sp³-hybridized carbons (Fsp3) is 0.462. The second kappa shape index (κ2) is 5.98. The smallest absolute Gasteiger partial charge is 0.235 e. The van der Waals surface area contributed by atoms with Gasteiger partial charge in [0, 0.05) is 13.1 Å². The zero-order valence-corrected chi connectivity index (χ0v) is 11.2. The van der Waals surface area contributed by atoms with Gasteiger partial charge in [-0.25, -0.2) is 4.68 Å². The summed E-state index contributed by atoms with van der Waals surface area (Å²) in [5.41, 5.74) is 1.74.